The number of fused-ring (bicyclic) bond motifs is 1. The van der Waals surface area contributed by atoms with E-state index in [9.17, 15) is 4.39 Å². The first kappa shape index (κ1) is 13.7. The van der Waals surface area contributed by atoms with Crippen LogP contribution in [0, 0.1) is 12.7 Å². The van der Waals surface area contributed by atoms with Crippen molar-refractivity contribution in [1.29, 1.82) is 0 Å². The minimum Gasteiger partial charge on any atom is -0.369 e. The summed E-state index contributed by atoms with van der Waals surface area (Å²) < 4.78 is 16.0. The fourth-order valence-corrected chi connectivity index (χ4v) is 4.12. The summed E-state index contributed by atoms with van der Waals surface area (Å²) in [6.45, 7) is 2.64. The van der Waals surface area contributed by atoms with Crippen molar-refractivity contribution >= 4 is 28.7 Å². The third kappa shape index (κ3) is 2.18. The van der Waals surface area contributed by atoms with E-state index in [2.05, 4.69) is 15.8 Å². The molecule has 0 spiro atoms. The molecule has 0 saturated heterocycles. The van der Waals surface area contributed by atoms with E-state index in [0.29, 0.717) is 17.0 Å². The summed E-state index contributed by atoms with van der Waals surface area (Å²) in [5, 5.41) is 0. The average molecular weight is 293 g/mol. The van der Waals surface area contributed by atoms with Gasteiger partial charge in [0, 0.05) is 17.4 Å². The number of halogens is 1. The Morgan fingerprint density at radius 3 is 2.75 bits per heavy atom. The first-order chi connectivity index (χ1) is 9.54. The van der Waals surface area contributed by atoms with Gasteiger partial charge in [-0.05, 0) is 37.7 Å². The Bertz CT molecular complexity index is 644. The van der Waals surface area contributed by atoms with Gasteiger partial charge in [-0.3, -0.25) is 0 Å². The predicted octanol–water partition coefficient (Wildman–Crippen LogP) is 3.74. The van der Waals surface area contributed by atoms with Crippen LogP contribution in [0.25, 0.3) is 11.0 Å². The number of nitrogens with zero attached hydrogens (tertiary/aromatic N) is 2. The molecule has 0 bridgehead atoms. The maximum atomic E-state index is 13.6. The summed E-state index contributed by atoms with van der Waals surface area (Å²) >= 11 is 1.92. The Morgan fingerprint density at radius 2 is 2.10 bits per heavy atom. The smallest absolute Gasteiger partial charge is 0.201 e. The van der Waals surface area contributed by atoms with Crippen molar-refractivity contribution in [3.63, 3.8) is 0 Å². The lowest BCUT2D eigenvalue weighted by molar-refractivity contribution is 0.517. The van der Waals surface area contributed by atoms with Crippen molar-refractivity contribution in [2.45, 2.75) is 43.9 Å². The monoisotopic (exact) mass is 293 g/mol. The molecule has 1 aromatic carbocycles. The number of aromatic nitrogens is 2. The van der Waals surface area contributed by atoms with Crippen molar-refractivity contribution in [2.75, 3.05) is 12.0 Å². The van der Waals surface area contributed by atoms with E-state index < -0.39 is 0 Å². The van der Waals surface area contributed by atoms with E-state index in [4.69, 9.17) is 5.73 Å². The fraction of sp³-hybridized carbons (Fsp3) is 0.533. The van der Waals surface area contributed by atoms with Crippen LogP contribution < -0.4 is 5.73 Å². The van der Waals surface area contributed by atoms with Crippen LogP contribution in [0.4, 0.5) is 10.3 Å². The van der Waals surface area contributed by atoms with Gasteiger partial charge in [-0.15, -0.1) is 0 Å². The summed E-state index contributed by atoms with van der Waals surface area (Å²) in [7, 11) is 0. The lowest BCUT2D eigenvalue weighted by Crippen LogP contribution is -2.27. The standard InChI is InChI=1S/C15H20FN3S/c1-10-7-13-12(8-11(10)16)18-14(17)19(13)9-15(20-2)5-3-4-6-15/h7-8H,3-6,9H2,1-2H3,(H2,17,18). The quantitative estimate of drug-likeness (QED) is 0.937. The Labute approximate surface area is 122 Å². The molecular formula is C15H20FN3S. The molecule has 1 aromatic heterocycles. The summed E-state index contributed by atoms with van der Waals surface area (Å²) in [6.07, 6.45) is 7.16. The zero-order valence-corrected chi connectivity index (χ0v) is 12.8. The number of hydrogen-bond acceptors (Lipinski definition) is 3. The third-order valence-electron chi connectivity index (χ3n) is 4.45. The van der Waals surface area contributed by atoms with E-state index >= 15 is 0 Å². The predicted molar refractivity (Wildman–Crippen MR) is 83.6 cm³/mol. The molecule has 0 unspecified atom stereocenters. The Morgan fingerprint density at radius 1 is 1.40 bits per heavy atom. The second kappa shape index (κ2) is 4.95. The van der Waals surface area contributed by atoms with Crippen LogP contribution in [0.3, 0.4) is 0 Å². The topological polar surface area (TPSA) is 43.8 Å². The van der Waals surface area contributed by atoms with Crippen LogP contribution in [0.2, 0.25) is 0 Å². The van der Waals surface area contributed by atoms with Gasteiger partial charge in [0.25, 0.3) is 0 Å². The lowest BCUT2D eigenvalue weighted by Gasteiger charge is -2.28. The summed E-state index contributed by atoms with van der Waals surface area (Å²) in [6, 6.07) is 3.34. The van der Waals surface area contributed by atoms with Crippen molar-refractivity contribution in [2.24, 2.45) is 0 Å². The van der Waals surface area contributed by atoms with Crippen LogP contribution in [0.15, 0.2) is 12.1 Å². The highest BCUT2D eigenvalue weighted by Crippen LogP contribution is 2.42. The first-order valence-electron chi connectivity index (χ1n) is 7.02. The zero-order valence-electron chi connectivity index (χ0n) is 11.9. The second-order valence-corrected chi connectivity index (χ2v) is 7.01. The van der Waals surface area contributed by atoms with Gasteiger partial charge >= 0.3 is 0 Å². The SMILES string of the molecule is CSC1(Cn2c(N)nc3cc(F)c(C)cc32)CCCC1. The molecule has 0 radical (unpaired) electrons. The van der Waals surface area contributed by atoms with Crippen LogP contribution in [0.5, 0.6) is 0 Å². The van der Waals surface area contributed by atoms with Crippen molar-refractivity contribution in [1.82, 2.24) is 9.55 Å². The second-order valence-electron chi connectivity index (χ2n) is 5.74. The minimum absolute atomic E-state index is 0.220. The molecular weight excluding hydrogens is 273 g/mol. The van der Waals surface area contributed by atoms with Gasteiger partial charge in [0.15, 0.2) is 0 Å². The van der Waals surface area contributed by atoms with Crippen molar-refractivity contribution in [3.05, 3.63) is 23.5 Å². The molecule has 2 N–H and O–H groups in total. The number of nitrogens with two attached hydrogens (primary N) is 1. The highest BCUT2D eigenvalue weighted by molar-refractivity contribution is 8.00. The molecule has 0 atom stereocenters. The molecule has 1 heterocycles. The Kier molecular flexibility index (Phi) is 3.40. The molecule has 2 aromatic rings. The molecule has 0 aliphatic heterocycles. The van der Waals surface area contributed by atoms with Gasteiger partial charge < -0.3 is 10.3 Å². The molecule has 3 rings (SSSR count). The largest absolute Gasteiger partial charge is 0.369 e. The van der Waals surface area contributed by atoms with E-state index in [1.807, 2.05) is 17.8 Å². The number of aryl methyl sites for hydroxylation is 1. The third-order valence-corrected chi connectivity index (χ3v) is 5.86. The number of rotatable bonds is 3. The highest BCUT2D eigenvalue weighted by Gasteiger charge is 2.34. The summed E-state index contributed by atoms with van der Waals surface area (Å²) in [5.41, 5.74) is 8.31. The van der Waals surface area contributed by atoms with E-state index in [-0.39, 0.29) is 10.6 Å². The molecule has 1 aliphatic rings. The molecule has 3 nitrogen and oxygen atoms in total. The first-order valence-corrected chi connectivity index (χ1v) is 8.24. The Hall–Kier alpha value is -1.23. The minimum atomic E-state index is -0.220. The molecule has 5 heteroatoms. The molecule has 0 amide bonds. The van der Waals surface area contributed by atoms with Gasteiger partial charge in [0.05, 0.1) is 11.0 Å². The molecule has 1 fully saturated rings. The van der Waals surface area contributed by atoms with Crippen LogP contribution in [0.1, 0.15) is 31.2 Å². The average Bonchev–Trinajstić information content (AvgIpc) is 2.99. The van der Waals surface area contributed by atoms with E-state index in [0.717, 1.165) is 12.1 Å². The fourth-order valence-electron chi connectivity index (χ4n) is 3.17. The zero-order chi connectivity index (χ0) is 14.3. The van der Waals surface area contributed by atoms with Crippen LogP contribution >= 0.6 is 11.8 Å². The lowest BCUT2D eigenvalue weighted by atomic mass is 10.1. The van der Waals surface area contributed by atoms with Gasteiger partial charge in [-0.25, -0.2) is 9.37 Å². The maximum absolute atomic E-state index is 13.6. The molecule has 20 heavy (non-hydrogen) atoms. The van der Waals surface area contributed by atoms with Gasteiger partial charge in [0.2, 0.25) is 5.95 Å². The number of thioether (sulfide) groups is 1. The summed E-state index contributed by atoms with van der Waals surface area (Å²) in [4.78, 5) is 4.31. The maximum Gasteiger partial charge on any atom is 0.201 e. The molecule has 1 aliphatic carbocycles. The van der Waals surface area contributed by atoms with Gasteiger partial charge in [0.1, 0.15) is 5.82 Å². The molecule has 108 valence electrons. The number of anilines is 1. The number of imidazole rings is 1. The van der Waals surface area contributed by atoms with Crippen molar-refractivity contribution in [3.8, 4) is 0 Å². The van der Waals surface area contributed by atoms with E-state index in [1.54, 1.807) is 6.92 Å². The summed E-state index contributed by atoms with van der Waals surface area (Å²) in [5.74, 6) is 0.271. The number of benzene rings is 1. The van der Waals surface area contributed by atoms with Crippen LogP contribution in [-0.2, 0) is 6.54 Å². The van der Waals surface area contributed by atoms with E-state index in [1.165, 1.54) is 31.7 Å². The number of nitrogen functional groups attached to an aromatic ring is 1. The van der Waals surface area contributed by atoms with Gasteiger partial charge in [-0.2, -0.15) is 11.8 Å². The molecule has 1 saturated carbocycles. The van der Waals surface area contributed by atoms with Crippen molar-refractivity contribution < 1.29 is 4.39 Å². The number of hydrogen-bond donors (Lipinski definition) is 1. The van der Waals surface area contributed by atoms with Crippen LogP contribution in [-0.4, -0.2) is 20.6 Å². The Balaban J connectivity index is 2.06. The van der Waals surface area contributed by atoms with Gasteiger partial charge in [-0.1, -0.05) is 12.8 Å². The highest BCUT2D eigenvalue weighted by atomic mass is 32.2. The normalized spacial score (nSPS) is 17.9.